The first-order valence-corrected chi connectivity index (χ1v) is 7.36. The van der Waals surface area contributed by atoms with Gasteiger partial charge >= 0.3 is 0 Å². The van der Waals surface area contributed by atoms with E-state index in [0.29, 0.717) is 10.8 Å². The predicted molar refractivity (Wildman–Crippen MR) is 103 cm³/mol. The van der Waals surface area contributed by atoms with Crippen molar-refractivity contribution in [2.75, 3.05) is 0 Å². The molecule has 0 N–H and O–H groups in total. The van der Waals surface area contributed by atoms with Gasteiger partial charge in [-0.05, 0) is 54.5 Å². The van der Waals surface area contributed by atoms with Gasteiger partial charge in [0.2, 0.25) is 5.71 Å². The second kappa shape index (κ2) is 5.99. The van der Waals surface area contributed by atoms with Crippen molar-refractivity contribution < 1.29 is 25.0 Å². The van der Waals surface area contributed by atoms with Crippen molar-refractivity contribution in [3.05, 3.63) is 59.4 Å². The molecule has 1 aromatic carbocycles. The quantitative estimate of drug-likeness (QED) is 0.454. The number of aromatic nitrogens is 2. The molecule has 25 heavy (non-hydrogen) atoms. The van der Waals surface area contributed by atoms with Gasteiger partial charge in [0, 0.05) is 48.8 Å². The van der Waals surface area contributed by atoms with Crippen LogP contribution in [0.25, 0.3) is 33.3 Å². The highest BCUT2D eigenvalue weighted by Crippen LogP contribution is 2.35. The predicted octanol–water partition coefficient (Wildman–Crippen LogP) is 6.04. The van der Waals surface area contributed by atoms with Crippen LogP contribution in [-0.4, -0.2) is 9.97 Å². The Balaban J connectivity index is 2.07. The van der Waals surface area contributed by atoms with E-state index in [9.17, 15) is 0 Å². The lowest BCUT2D eigenvalue weighted by Crippen LogP contribution is -1.98. The van der Waals surface area contributed by atoms with E-state index in [0.717, 1.165) is 12.3 Å². The van der Waals surface area contributed by atoms with Crippen LogP contribution in [0, 0.1) is 6.85 Å². The molecular weight excluding hydrogens is 308 g/mol. The van der Waals surface area contributed by atoms with Crippen LogP contribution >= 0.6 is 0 Å². The summed E-state index contributed by atoms with van der Waals surface area (Å²) in [6, 6.07) is 8.40. The van der Waals surface area contributed by atoms with Crippen LogP contribution in [0.15, 0.2) is 47.0 Å². The number of furan rings is 1. The van der Waals surface area contributed by atoms with E-state index in [1.165, 1.54) is 18.2 Å². The number of fused-ring (bicyclic) bond motifs is 3. The summed E-state index contributed by atoms with van der Waals surface area (Å²) in [5.74, 6) is -3.44. The Morgan fingerprint density at radius 1 is 1.24 bits per heavy atom. The summed E-state index contributed by atoms with van der Waals surface area (Å²) in [7, 11) is 0. The van der Waals surface area contributed by atoms with Crippen LogP contribution in [0.3, 0.4) is 0 Å². The number of aryl methyl sites for hydroxylation is 2. The summed E-state index contributed by atoms with van der Waals surface area (Å²) in [4.78, 5) is 8.21. The van der Waals surface area contributed by atoms with Gasteiger partial charge < -0.3 is 4.42 Å². The van der Waals surface area contributed by atoms with Gasteiger partial charge in [-0.1, -0.05) is 32.7 Å². The molecule has 0 aliphatic carbocycles. The molecule has 3 heteroatoms. The van der Waals surface area contributed by atoms with Crippen LogP contribution < -0.4 is 0 Å². The Hall–Kier alpha value is -2.68. The Kier molecular flexibility index (Phi) is 1.50. The topological polar surface area (TPSA) is 38.9 Å². The average molecular weight is 346 g/mol. The van der Waals surface area contributed by atoms with Gasteiger partial charge in [0.15, 0.2) is 0 Å². The van der Waals surface area contributed by atoms with Crippen molar-refractivity contribution >= 4 is 22.1 Å². The SMILES string of the molecule is [2H]C([2H])([2H])c1ccc2c(n1)oc1c(-c3cc(C([2H])(C([2H])([2H])[2H])C([2H])([2H])[2H])c(C([2H])([2H])C([2H])([2H])[2H])cn3)cccc12. The van der Waals surface area contributed by atoms with E-state index in [2.05, 4.69) is 9.97 Å². The number of rotatable bonds is 3. The lowest BCUT2D eigenvalue weighted by molar-refractivity contribution is 0.653. The zero-order chi connectivity index (χ0) is 30.3. The van der Waals surface area contributed by atoms with Crippen LogP contribution in [0.2, 0.25) is 0 Å². The molecule has 0 saturated heterocycles. The molecule has 0 aliphatic heterocycles. The molecule has 126 valence electrons. The Labute approximate surface area is 168 Å². The van der Waals surface area contributed by atoms with Crippen molar-refractivity contribution in [1.82, 2.24) is 9.97 Å². The highest BCUT2D eigenvalue weighted by atomic mass is 16.3. The van der Waals surface area contributed by atoms with Crippen LogP contribution in [-0.2, 0) is 6.37 Å². The average Bonchev–Trinajstić information content (AvgIpc) is 3.18. The fourth-order valence-electron chi connectivity index (χ4n) is 2.79. The molecule has 0 fully saturated rings. The van der Waals surface area contributed by atoms with Crippen molar-refractivity contribution in [2.45, 2.75) is 39.7 Å². The maximum atomic E-state index is 8.69. The molecule has 0 radical (unpaired) electrons. The summed E-state index contributed by atoms with van der Waals surface area (Å²) in [5, 5.41) is 0.909. The summed E-state index contributed by atoms with van der Waals surface area (Å²) in [5.41, 5.74) is -1.86. The first kappa shape index (κ1) is 6.24. The number of nitrogens with zero attached hydrogens (tertiary/aromatic N) is 2. The van der Waals surface area contributed by atoms with Gasteiger partial charge in [-0.15, -0.1) is 0 Å². The molecule has 0 spiro atoms. The molecule has 3 aromatic heterocycles. The van der Waals surface area contributed by atoms with Crippen molar-refractivity contribution in [3.63, 3.8) is 0 Å². The molecule has 0 aliphatic rings. The Morgan fingerprint density at radius 3 is 3.04 bits per heavy atom. The molecule has 0 bridgehead atoms. The van der Waals surface area contributed by atoms with Gasteiger partial charge in [0.25, 0.3) is 0 Å². The Bertz CT molecular complexity index is 1580. The van der Waals surface area contributed by atoms with E-state index in [4.69, 9.17) is 25.0 Å². The number of pyridine rings is 2. The first-order chi connectivity index (χ1) is 18.0. The summed E-state index contributed by atoms with van der Waals surface area (Å²) in [6.07, 6.45) is -2.54. The third-order valence-electron chi connectivity index (χ3n) is 3.95. The summed E-state index contributed by atoms with van der Waals surface area (Å²) in [6.45, 7) is -13.0. The normalized spacial score (nSPS) is 23.6. The van der Waals surface area contributed by atoms with Gasteiger partial charge in [0.1, 0.15) is 5.58 Å². The van der Waals surface area contributed by atoms with E-state index >= 15 is 0 Å². The standard InChI is InChI=1S/C22H22N2O/c1-5-15-12-23-20(11-19(15)13(2)3)18-8-6-7-16-17-10-9-14(4)24-22(17)25-21(16)18/h6-13H,5H2,1-4H3/i1D3,2D3,3D3,4D3,5D2,13D. The molecule has 0 atom stereocenters. The lowest BCUT2D eigenvalue weighted by Gasteiger charge is -2.13. The lowest BCUT2D eigenvalue weighted by atomic mass is 9.95. The molecule has 3 heterocycles. The molecule has 4 rings (SSSR count). The molecule has 0 unspecified atom stereocenters. The van der Waals surface area contributed by atoms with E-state index in [-0.39, 0.29) is 28.2 Å². The number of hydrogen-bond donors (Lipinski definition) is 0. The minimum atomic E-state index is -3.54. The third kappa shape index (κ3) is 2.60. The fourth-order valence-corrected chi connectivity index (χ4v) is 2.79. The zero-order valence-corrected chi connectivity index (χ0v) is 12.8. The first-order valence-electron chi connectivity index (χ1n) is 14.9. The maximum Gasteiger partial charge on any atom is 0.227 e. The van der Waals surface area contributed by atoms with Gasteiger partial charge in [-0.2, -0.15) is 0 Å². The van der Waals surface area contributed by atoms with E-state index in [1.54, 1.807) is 12.1 Å². The van der Waals surface area contributed by atoms with E-state index < -0.39 is 50.8 Å². The van der Waals surface area contributed by atoms with Crippen molar-refractivity contribution in [2.24, 2.45) is 0 Å². The molecular formula is C22H22N2O. The van der Waals surface area contributed by atoms with Crippen LogP contribution in [0.5, 0.6) is 0 Å². The van der Waals surface area contributed by atoms with Crippen LogP contribution in [0.1, 0.15) is 63.8 Å². The van der Waals surface area contributed by atoms with Gasteiger partial charge in [-0.3, -0.25) is 4.98 Å². The maximum absolute atomic E-state index is 8.69. The number of para-hydroxylation sites is 1. The molecule has 3 nitrogen and oxygen atoms in total. The van der Waals surface area contributed by atoms with Crippen molar-refractivity contribution in [1.29, 1.82) is 0 Å². The summed E-state index contributed by atoms with van der Waals surface area (Å²) >= 11 is 0. The smallest absolute Gasteiger partial charge is 0.227 e. The minimum absolute atomic E-state index is 0.0218. The fraction of sp³-hybridized carbons (Fsp3) is 0.273. The third-order valence-corrected chi connectivity index (χ3v) is 3.95. The second-order valence-electron chi connectivity index (χ2n) is 5.45. The molecule has 4 aromatic rings. The van der Waals surface area contributed by atoms with Gasteiger partial charge in [0.05, 0.1) is 5.69 Å². The second-order valence-corrected chi connectivity index (χ2v) is 5.45. The highest BCUT2D eigenvalue weighted by Gasteiger charge is 2.15. The summed E-state index contributed by atoms with van der Waals surface area (Å²) < 4.78 is 124. The highest BCUT2D eigenvalue weighted by molar-refractivity contribution is 6.08. The monoisotopic (exact) mass is 345 g/mol. The van der Waals surface area contributed by atoms with E-state index in [1.807, 2.05) is 0 Å². The van der Waals surface area contributed by atoms with Gasteiger partial charge in [-0.25, -0.2) is 4.98 Å². The molecule has 0 saturated carbocycles. The minimum Gasteiger partial charge on any atom is -0.437 e. The number of benzene rings is 1. The van der Waals surface area contributed by atoms with Crippen molar-refractivity contribution in [3.8, 4) is 11.3 Å². The van der Waals surface area contributed by atoms with Crippen LogP contribution in [0.4, 0.5) is 0 Å². The Morgan fingerprint density at radius 2 is 2.20 bits per heavy atom. The largest absolute Gasteiger partial charge is 0.437 e. The number of hydrogen-bond acceptors (Lipinski definition) is 3. The molecule has 0 amide bonds. The zero-order valence-electron chi connectivity index (χ0n) is 27.8.